The van der Waals surface area contributed by atoms with Crippen LogP contribution < -0.4 is 10.1 Å². The number of benzene rings is 1. The Hall–Kier alpha value is -2.99. The first-order valence-corrected chi connectivity index (χ1v) is 9.98. The predicted molar refractivity (Wildman–Crippen MR) is 107 cm³/mol. The summed E-state index contributed by atoms with van der Waals surface area (Å²) >= 11 is 0. The van der Waals surface area contributed by atoms with Crippen LogP contribution in [0, 0.1) is 12.7 Å². The molecule has 0 radical (unpaired) electrons. The maximum atomic E-state index is 15.4. The summed E-state index contributed by atoms with van der Waals surface area (Å²) < 4.78 is 70.8. The maximum Gasteiger partial charge on any atom is 0.573 e. The number of nitrogens with zero attached hydrogens (tertiary/aromatic N) is 2. The Balaban J connectivity index is 1.62. The van der Waals surface area contributed by atoms with E-state index < -0.39 is 48.0 Å². The van der Waals surface area contributed by atoms with Gasteiger partial charge in [-0.2, -0.15) is 0 Å². The standard InChI is InChI=1S/C21H22F5N3O4/c1-12-8-14(2-3-17(12)33-21(24,25)26)28-19(32)29-6-4-20(23,5-7-29)18-15(22)9-13(10-27-18)16(31)11-30/h2-3,8-10,16,30-31H,4-7,11H2,1H3,(H,28,32)/t16-/m1/s1. The molecule has 1 fully saturated rings. The van der Waals surface area contributed by atoms with E-state index in [2.05, 4.69) is 15.0 Å². The lowest BCUT2D eigenvalue weighted by atomic mass is 9.89. The SMILES string of the molecule is Cc1cc(NC(=O)N2CCC(F)(c3ncc([C@H](O)CO)cc3F)CC2)ccc1OC(F)(F)F. The number of aliphatic hydroxyl groups is 2. The lowest BCUT2D eigenvalue weighted by Crippen LogP contribution is -2.45. The summed E-state index contributed by atoms with van der Waals surface area (Å²) in [6.45, 7) is 0.641. The Morgan fingerprint density at radius 3 is 2.52 bits per heavy atom. The van der Waals surface area contributed by atoms with Gasteiger partial charge in [0.05, 0.1) is 6.61 Å². The Bertz CT molecular complexity index is 1010. The molecule has 1 aromatic carbocycles. The molecular formula is C21H22F5N3O4. The topological polar surface area (TPSA) is 94.9 Å². The average molecular weight is 475 g/mol. The Kier molecular flexibility index (Phi) is 7.08. The average Bonchev–Trinajstić information content (AvgIpc) is 2.74. The summed E-state index contributed by atoms with van der Waals surface area (Å²) in [6.07, 6.45) is -5.54. The molecule has 3 N–H and O–H groups in total. The number of anilines is 1. The van der Waals surface area contributed by atoms with Crippen molar-refractivity contribution in [3.05, 3.63) is 53.1 Å². The molecular weight excluding hydrogens is 453 g/mol. The van der Waals surface area contributed by atoms with Crippen LogP contribution in [0.25, 0.3) is 0 Å². The van der Waals surface area contributed by atoms with Crippen LogP contribution in [0.1, 0.15) is 35.8 Å². The third-order valence-corrected chi connectivity index (χ3v) is 5.34. The number of nitrogens with one attached hydrogen (secondary N) is 1. The molecule has 0 saturated carbocycles. The van der Waals surface area contributed by atoms with E-state index in [0.29, 0.717) is 0 Å². The summed E-state index contributed by atoms with van der Waals surface area (Å²) in [5.74, 6) is -1.36. The number of aryl methyl sites for hydroxylation is 1. The van der Waals surface area contributed by atoms with Gasteiger partial charge in [0.15, 0.2) is 5.67 Å². The quantitative estimate of drug-likeness (QED) is 0.570. The first-order valence-electron chi connectivity index (χ1n) is 9.98. The number of aromatic nitrogens is 1. The van der Waals surface area contributed by atoms with Crippen LogP contribution >= 0.6 is 0 Å². The molecule has 180 valence electrons. The molecule has 3 rings (SSSR count). The van der Waals surface area contributed by atoms with Crippen molar-refractivity contribution in [2.24, 2.45) is 0 Å². The fourth-order valence-corrected chi connectivity index (χ4v) is 3.54. The Morgan fingerprint density at radius 2 is 1.97 bits per heavy atom. The number of halogens is 5. The van der Waals surface area contributed by atoms with Crippen molar-refractivity contribution < 1.29 is 41.7 Å². The van der Waals surface area contributed by atoms with Crippen LogP contribution in [0.2, 0.25) is 0 Å². The molecule has 0 aliphatic carbocycles. The van der Waals surface area contributed by atoms with E-state index in [1.807, 2.05) is 0 Å². The number of urea groups is 1. The number of carbonyl (C=O) groups is 1. The minimum atomic E-state index is -4.84. The highest BCUT2D eigenvalue weighted by molar-refractivity contribution is 5.89. The molecule has 2 amide bonds. The molecule has 1 aliphatic rings. The van der Waals surface area contributed by atoms with Crippen molar-refractivity contribution in [2.45, 2.75) is 37.9 Å². The van der Waals surface area contributed by atoms with Gasteiger partial charge in [0.1, 0.15) is 23.4 Å². The van der Waals surface area contributed by atoms with Crippen molar-refractivity contribution >= 4 is 11.7 Å². The van der Waals surface area contributed by atoms with Gasteiger partial charge >= 0.3 is 12.4 Å². The normalized spacial score (nSPS) is 16.9. The first-order chi connectivity index (χ1) is 15.4. The fourth-order valence-electron chi connectivity index (χ4n) is 3.54. The van der Waals surface area contributed by atoms with Crippen molar-refractivity contribution in [3.8, 4) is 5.75 Å². The molecule has 12 heteroatoms. The molecule has 1 saturated heterocycles. The molecule has 7 nitrogen and oxygen atoms in total. The fraction of sp³-hybridized carbons (Fsp3) is 0.429. The number of likely N-dealkylation sites (tertiary alicyclic amines) is 1. The number of aliphatic hydroxyl groups excluding tert-OH is 2. The molecule has 0 unspecified atom stereocenters. The van der Waals surface area contributed by atoms with Gasteiger partial charge in [-0.15, -0.1) is 13.2 Å². The second-order valence-corrected chi connectivity index (χ2v) is 7.71. The summed E-state index contributed by atoms with van der Waals surface area (Å²) in [4.78, 5) is 17.6. The first kappa shape index (κ1) is 24.6. The van der Waals surface area contributed by atoms with Gasteiger partial charge in [-0.3, -0.25) is 4.98 Å². The Labute approximate surface area is 185 Å². The van der Waals surface area contributed by atoms with Crippen molar-refractivity contribution in [2.75, 3.05) is 25.0 Å². The summed E-state index contributed by atoms with van der Waals surface area (Å²) in [5, 5.41) is 21.0. The third kappa shape index (κ3) is 5.88. The van der Waals surface area contributed by atoms with Crippen LogP contribution in [0.3, 0.4) is 0 Å². The minimum Gasteiger partial charge on any atom is -0.406 e. The predicted octanol–water partition coefficient (Wildman–Crippen LogP) is 3.95. The number of amides is 2. The molecule has 2 heterocycles. The second-order valence-electron chi connectivity index (χ2n) is 7.71. The Morgan fingerprint density at radius 1 is 1.30 bits per heavy atom. The smallest absolute Gasteiger partial charge is 0.406 e. The molecule has 0 spiro atoms. The zero-order valence-corrected chi connectivity index (χ0v) is 17.5. The number of alkyl halides is 4. The van der Waals surface area contributed by atoms with Gasteiger partial charge in [-0.1, -0.05) is 0 Å². The van der Waals surface area contributed by atoms with E-state index in [1.54, 1.807) is 0 Å². The van der Waals surface area contributed by atoms with E-state index >= 15 is 4.39 Å². The van der Waals surface area contributed by atoms with Gasteiger partial charge in [0.2, 0.25) is 0 Å². The monoisotopic (exact) mass is 475 g/mol. The van der Waals surface area contributed by atoms with E-state index in [9.17, 15) is 27.5 Å². The summed E-state index contributed by atoms with van der Waals surface area (Å²) in [5.41, 5.74) is -2.16. The van der Waals surface area contributed by atoms with Gasteiger partial charge in [0.25, 0.3) is 0 Å². The maximum absolute atomic E-state index is 15.4. The van der Waals surface area contributed by atoms with Crippen LogP contribution in [0.5, 0.6) is 5.75 Å². The van der Waals surface area contributed by atoms with E-state index in [-0.39, 0.29) is 42.7 Å². The van der Waals surface area contributed by atoms with E-state index in [4.69, 9.17) is 5.11 Å². The van der Waals surface area contributed by atoms with E-state index in [1.165, 1.54) is 24.0 Å². The molecule has 1 aliphatic heterocycles. The molecule has 1 aromatic heterocycles. The second kappa shape index (κ2) is 9.48. The highest BCUT2D eigenvalue weighted by atomic mass is 19.4. The number of hydrogen-bond acceptors (Lipinski definition) is 5. The van der Waals surface area contributed by atoms with Crippen molar-refractivity contribution in [1.82, 2.24) is 9.88 Å². The van der Waals surface area contributed by atoms with Crippen LogP contribution in [-0.2, 0) is 5.67 Å². The lowest BCUT2D eigenvalue weighted by Gasteiger charge is -2.36. The highest BCUT2D eigenvalue weighted by Crippen LogP contribution is 2.38. The van der Waals surface area contributed by atoms with Gasteiger partial charge < -0.3 is 25.2 Å². The highest BCUT2D eigenvalue weighted by Gasteiger charge is 2.41. The molecule has 1 atom stereocenters. The number of hydrogen-bond donors (Lipinski definition) is 3. The van der Waals surface area contributed by atoms with Crippen molar-refractivity contribution in [3.63, 3.8) is 0 Å². The number of piperidine rings is 1. The van der Waals surface area contributed by atoms with E-state index in [0.717, 1.165) is 18.3 Å². The number of pyridine rings is 1. The summed E-state index contributed by atoms with van der Waals surface area (Å²) in [7, 11) is 0. The zero-order chi connectivity index (χ0) is 24.4. The number of carbonyl (C=O) groups excluding carboxylic acids is 1. The van der Waals surface area contributed by atoms with Crippen LogP contribution in [0.4, 0.5) is 32.4 Å². The van der Waals surface area contributed by atoms with Gasteiger partial charge in [-0.05, 0) is 36.8 Å². The van der Waals surface area contributed by atoms with Crippen LogP contribution in [0.15, 0.2) is 30.5 Å². The molecule has 0 bridgehead atoms. The third-order valence-electron chi connectivity index (χ3n) is 5.34. The molecule has 2 aromatic rings. The van der Waals surface area contributed by atoms with Crippen molar-refractivity contribution in [1.29, 1.82) is 0 Å². The number of ether oxygens (including phenoxy) is 1. The van der Waals surface area contributed by atoms with Gasteiger partial charge in [0, 0.05) is 43.4 Å². The number of rotatable bonds is 5. The largest absolute Gasteiger partial charge is 0.573 e. The summed E-state index contributed by atoms with van der Waals surface area (Å²) in [6, 6.07) is 3.96. The molecule has 33 heavy (non-hydrogen) atoms. The lowest BCUT2D eigenvalue weighted by molar-refractivity contribution is -0.274. The van der Waals surface area contributed by atoms with Crippen LogP contribution in [-0.4, -0.2) is 52.2 Å². The van der Waals surface area contributed by atoms with Gasteiger partial charge in [-0.25, -0.2) is 13.6 Å². The zero-order valence-electron chi connectivity index (χ0n) is 17.5. The minimum absolute atomic E-state index is 0.0149.